The lowest BCUT2D eigenvalue weighted by atomic mass is 9.96. The quantitative estimate of drug-likeness (QED) is 0.164. The second-order valence-corrected chi connectivity index (χ2v) is 10.4. The molecule has 0 unspecified atom stereocenters. The minimum absolute atomic E-state index is 0.0230. The van der Waals surface area contributed by atoms with Gasteiger partial charge in [-0.05, 0) is 71.7 Å². The predicted octanol–water partition coefficient (Wildman–Crippen LogP) is 4.99. The van der Waals surface area contributed by atoms with Gasteiger partial charge in [-0.15, -0.1) is 0 Å². The summed E-state index contributed by atoms with van der Waals surface area (Å²) in [4.78, 5) is 26.7. The van der Waals surface area contributed by atoms with E-state index in [1.807, 2.05) is 30.3 Å². The fourth-order valence-electron chi connectivity index (χ4n) is 5.43. The third kappa shape index (κ3) is 5.12. The maximum Gasteiger partial charge on any atom is 0.255 e. The van der Waals surface area contributed by atoms with Gasteiger partial charge in [0, 0.05) is 29.6 Å². The summed E-state index contributed by atoms with van der Waals surface area (Å²) < 4.78 is 25.2. The van der Waals surface area contributed by atoms with E-state index in [2.05, 4.69) is 10.6 Å². The van der Waals surface area contributed by atoms with Gasteiger partial charge in [0.05, 0.1) is 23.8 Å². The molecule has 43 heavy (non-hydrogen) atoms. The summed E-state index contributed by atoms with van der Waals surface area (Å²) in [6.07, 6.45) is 1.61. The van der Waals surface area contributed by atoms with E-state index in [0.717, 1.165) is 18.4 Å². The molecule has 0 aliphatic heterocycles. The largest absolute Gasteiger partial charge is 0.496 e. The number of carbonyl (C=O) groups excluding carboxylic acids is 2. The van der Waals surface area contributed by atoms with Crippen LogP contribution in [0.5, 0.6) is 5.75 Å². The van der Waals surface area contributed by atoms with Gasteiger partial charge in [-0.2, -0.15) is 10.4 Å². The first-order valence-electron chi connectivity index (χ1n) is 13.6. The maximum atomic E-state index is 13.6. The molecule has 1 aromatic heterocycles. The highest BCUT2D eigenvalue weighted by Gasteiger charge is 2.46. The van der Waals surface area contributed by atoms with Crippen molar-refractivity contribution in [3.8, 4) is 28.2 Å². The summed E-state index contributed by atoms with van der Waals surface area (Å²) in [6, 6.07) is 23.2. The Morgan fingerprint density at radius 2 is 1.63 bits per heavy atom. The van der Waals surface area contributed by atoms with E-state index in [1.54, 1.807) is 24.3 Å². The molecular weight excluding hydrogens is 553 g/mol. The van der Waals surface area contributed by atoms with Crippen LogP contribution < -0.4 is 20.6 Å². The van der Waals surface area contributed by atoms with Gasteiger partial charge in [0.25, 0.3) is 11.8 Å². The number of nitrogens with one attached hydrogen (secondary N) is 3. The SMILES string of the molecule is CNC(=O)c1c(-c2ccc(F)cc2)oc2cc([NH+](O)O)c(-c3ccc(OC)c(C(=O)NC4(c5ccccc5)CC4)c3)cc12. The van der Waals surface area contributed by atoms with Gasteiger partial charge < -0.3 is 19.8 Å². The lowest BCUT2D eigenvalue weighted by molar-refractivity contribution is -1.19. The summed E-state index contributed by atoms with van der Waals surface area (Å²) in [7, 11) is 2.95. The fourth-order valence-corrected chi connectivity index (χ4v) is 5.43. The molecule has 6 rings (SSSR count). The molecule has 1 aliphatic rings. The number of hydrogen-bond donors (Lipinski definition) is 5. The van der Waals surface area contributed by atoms with Crippen molar-refractivity contribution >= 4 is 28.5 Å². The van der Waals surface area contributed by atoms with Crippen LogP contribution in [0.2, 0.25) is 0 Å². The standard InChI is InChI=1S/C33H28FN3O6/c1-35-32(39)29-24-17-23(26(37(40)41)18-28(24)43-30(29)19-8-11-22(34)12-9-19)20-10-13-27(42-2)25(16-20)31(38)36-33(14-15-33)21-6-4-3-5-7-21/h3-13,16-18,40-41H,14-15H2,1-2H3,(H,35,39)(H,36,38)/p+1. The Balaban J connectivity index is 1.48. The van der Waals surface area contributed by atoms with Crippen LogP contribution in [0.25, 0.3) is 33.4 Å². The molecule has 0 radical (unpaired) electrons. The van der Waals surface area contributed by atoms with Crippen molar-refractivity contribution in [2.75, 3.05) is 14.2 Å². The van der Waals surface area contributed by atoms with Gasteiger partial charge in [0.1, 0.15) is 22.9 Å². The predicted molar refractivity (Wildman–Crippen MR) is 156 cm³/mol. The van der Waals surface area contributed by atoms with Crippen LogP contribution in [0.15, 0.2) is 89.3 Å². The lowest BCUT2D eigenvalue weighted by Crippen LogP contribution is -3.02. The number of quaternary nitrogens is 1. The summed E-state index contributed by atoms with van der Waals surface area (Å²) in [5.41, 5.74) is 2.52. The van der Waals surface area contributed by atoms with Gasteiger partial charge in [-0.25, -0.2) is 4.39 Å². The number of amides is 2. The second kappa shape index (κ2) is 11.0. The Kier molecular flexibility index (Phi) is 7.18. The van der Waals surface area contributed by atoms with E-state index >= 15 is 0 Å². The molecular formula is C33H29FN3O6+. The Hall–Kier alpha value is -5.03. The van der Waals surface area contributed by atoms with E-state index < -0.39 is 22.5 Å². The Morgan fingerprint density at radius 3 is 2.26 bits per heavy atom. The molecule has 0 bridgehead atoms. The molecule has 4 aromatic carbocycles. The molecule has 1 aliphatic carbocycles. The van der Waals surface area contributed by atoms with Crippen LogP contribution in [-0.2, 0) is 5.54 Å². The zero-order valence-corrected chi connectivity index (χ0v) is 23.4. The monoisotopic (exact) mass is 582 g/mol. The highest BCUT2D eigenvalue weighted by Crippen LogP contribution is 2.46. The average Bonchev–Trinajstić information content (AvgIpc) is 3.71. The van der Waals surface area contributed by atoms with Crippen molar-refractivity contribution in [1.29, 1.82) is 0 Å². The van der Waals surface area contributed by atoms with Crippen molar-refractivity contribution in [3.05, 3.63) is 107 Å². The number of hydrogen-bond acceptors (Lipinski definition) is 6. The van der Waals surface area contributed by atoms with Crippen molar-refractivity contribution in [1.82, 2.24) is 10.6 Å². The van der Waals surface area contributed by atoms with E-state index in [9.17, 15) is 24.4 Å². The van der Waals surface area contributed by atoms with E-state index in [4.69, 9.17) is 9.15 Å². The highest BCUT2D eigenvalue weighted by molar-refractivity contribution is 6.12. The number of benzene rings is 4. The van der Waals surface area contributed by atoms with Gasteiger partial charge in [0.15, 0.2) is 0 Å². The summed E-state index contributed by atoms with van der Waals surface area (Å²) >= 11 is 0. The van der Waals surface area contributed by atoms with Crippen LogP contribution in [0, 0.1) is 5.82 Å². The summed E-state index contributed by atoms with van der Waals surface area (Å²) in [5.74, 6) is -0.688. The third-order valence-electron chi connectivity index (χ3n) is 7.81. The zero-order chi connectivity index (χ0) is 30.3. The van der Waals surface area contributed by atoms with Crippen molar-refractivity contribution in [2.24, 2.45) is 0 Å². The molecule has 0 atom stereocenters. The van der Waals surface area contributed by atoms with Crippen LogP contribution in [0.4, 0.5) is 10.1 Å². The van der Waals surface area contributed by atoms with Crippen LogP contribution in [-0.4, -0.2) is 36.4 Å². The van der Waals surface area contributed by atoms with Gasteiger partial charge >= 0.3 is 0 Å². The van der Waals surface area contributed by atoms with E-state index in [-0.39, 0.29) is 34.1 Å². The van der Waals surface area contributed by atoms with Crippen molar-refractivity contribution in [2.45, 2.75) is 18.4 Å². The van der Waals surface area contributed by atoms with Crippen LogP contribution in [0.3, 0.4) is 0 Å². The molecule has 5 aromatic rings. The zero-order valence-electron chi connectivity index (χ0n) is 23.4. The number of rotatable bonds is 8. The first-order valence-corrected chi connectivity index (χ1v) is 13.6. The third-order valence-corrected chi connectivity index (χ3v) is 7.81. The minimum atomic E-state index is -0.971. The molecule has 1 saturated carbocycles. The van der Waals surface area contributed by atoms with E-state index in [0.29, 0.717) is 27.8 Å². The molecule has 1 fully saturated rings. The average molecular weight is 583 g/mol. The minimum Gasteiger partial charge on any atom is -0.496 e. The fraction of sp³-hybridized carbons (Fsp3) is 0.152. The maximum absolute atomic E-state index is 13.6. The number of methoxy groups -OCH3 is 1. The Morgan fingerprint density at radius 1 is 0.930 bits per heavy atom. The van der Waals surface area contributed by atoms with Crippen molar-refractivity contribution < 1.29 is 38.8 Å². The first kappa shape index (κ1) is 28.1. The molecule has 0 saturated heterocycles. The molecule has 218 valence electrons. The second-order valence-electron chi connectivity index (χ2n) is 10.4. The number of ether oxygens (including phenoxy) is 1. The number of halogens is 1. The van der Waals surface area contributed by atoms with Gasteiger partial charge in [0.2, 0.25) is 5.69 Å². The molecule has 5 N–H and O–H groups in total. The topological polar surface area (TPSA) is 125 Å². The lowest BCUT2D eigenvalue weighted by Gasteiger charge is -2.19. The molecule has 9 nitrogen and oxygen atoms in total. The first-order chi connectivity index (χ1) is 20.7. The molecule has 2 amide bonds. The van der Waals surface area contributed by atoms with Gasteiger partial charge in [-0.1, -0.05) is 36.4 Å². The smallest absolute Gasteiger partial charge is 0.255 e. The number of fused-ring (bicyclic) bond motifs is 1. The Bertz CT molecular complexity index is 1850. The van der Waals surface area contributed by atoms with Crippen LogP contribution >= 0.6 is 0 Å². The number of carbonyl (C=O) groups is 2. The summed E-state index contributed by atoms with van der Waals surface area (Å²) in [5, 5.41) is 25.7. The van der Waals surface area contributed by atoms with Crippen LogP contribution in [0.1, 0.15) is 39.1 Å². The highest BCUT2D eigenvalue weighted by atomic mass is 19.1. The molecule has 1 heterocycles. The number of furan rings is 1. The van der Waals surface area contributed by atoms with Gasteiger partial charge in [-0.3, -0.25) is 9.59 Å². The summed E-state index contributed by atoms with van der Waals surface area (Å²) in [6.45, 7) is 0. The normalized spacial score (nSPS) is 13.6. The van der Waals surface area contributed by atoms with Crippen molar-refractivity contribution in [3.63, 3.8) is 0 Å². The molecule has 10 heteroatoms. The molecule has 0 spiro atoms. The van der Waals surface area contributed by atoms with E-state index in [1.165, 1.54) is 44.5 Å². The Labute approximate surface area is 246 Å².